The van der Waals surface area contributed by atoms with E-state index in [1.54, 1.807) is 0 Å². The third-order valence-corrected chi connectivity index (χ3v) is 4.74. The third-order valence-electron chi connectivity index (χ3n) is 4.74. The molecule has 0 amide bonds. The Bertz CT molecular complexity index is 525. The molecule has 1 aromatic heterocycles. The van der Waals surface area contributed by atoms with Crippen LogP contribution in [0.2, 0.25) is 0 Å². The van der Waals surface area contributed by atoms with Crippen LogP contribution in [0.5, 0.6) is 0 Å². The Morgan fingerprint density at radius 1 is 1.20 bits per heavy atom. The van der Waals surface area contributed by atoms with Crippen molar-refractivity contribution >= 4 is 5.97 Å². The Labute approximate surface area is 119 Å². The van der Waals surface area contributed by atoms with Crippen molar-refractivity contribution < 1.29 is 9.90 Å². The quantitative estimate of drug-likeness (QED) is 0.912. The van der Waals surface area contributed by atoms with Crippen LogP contribution < -0.4 is 0 Å². The molecule has 0 aromatic carbocycles. The van der Waals surface area contributed by atoms with Crippen molar-refractivity contribution in [1.29, 1.82) is 0 Å². The summed E-state index contributed by atoms with van der Waals surface area (Å²) in [5, 5.41) is 9.23. The largest absolute Gasteiger partial charge is 0.478 e. The van der Waals surface area contributed by atoms with Crippen LogP contribution >= 0.6 is 0 Å². The van der Waals surface area contributed by atoms with Gasteiger partial charge in [0.25, 0.3) is 0 Å². The molecule has 108 valence electrons. The van der Waals surface area contributed by atoms with E-state index in [2.05, 4.69) is 23.8 Å². The van der Waals surface area contributed by atoms with Crippen LogP contribution in [0.4, 0.5) is 0 Å². The molecule has 0 saturated heterocycles. The molecule has 0 bridgehead atoms. The number of carbonyl (C=O) groups is 1. The van der Waals surface area contributed by atoms with Crippen LogP contribution in [-0.2, 0) is 0 Å². The van der Waals surface area contributed by atoms with Crippen molar-refractivity contribution in [3.8, 4) is 0 Å². The van der Waals surface area contributed by atoms with Gasteiger partial charge in [-0.1, -0.05) is 13.8 Å². The van der Waals surface area contributed by atoms with Gasteiger partial charge in [-0.25, -0.2) is 14.8 Å². The van der Waals surface area contributed by atoms with Crippen LogP contribution in [0, 0.1) is 5.41 Å². The standard InChI is InChI=1S/C16H22N2O2/c1-16(2)7-5-11(6-8-16)14-17-9-12(15(19)20)13(18-14)10-3-4-10/h9-11H,3-8H2,1-2H3,(H,19,20). The summed E-state index contributed by atoms with van der Waals surface area (Å²) >= 11 is 0. The summed E-state index contributed by atoms with van der Waals surface area (Å²) in [6.45, 7) is 4.63. The third kappa shape index (κ3) is 2.69. The zero-order chi connectivity index (χ0) is 14.3. The van der Waals surface area contributed by atoms with Gasteiger partial charge in [0.05, 0.1) is 11.3 Å². The second kappa shape index (κ2) is 4.83. The van der Waals surface area contributed by atoms with Gasteiger partial charge in [-0.05, 0) is 43.9 Å². The van der Waals surface area contributed by atoms with Crippen LogP contribution in [0.25, 0.3) is 0 Å². The van der Waals surface area contributed by atoms with Gasteiger partial charge in [0.2, 0.25) is 0 Å². The first-order valence-corrected chi connectivity index (χ1v) is 7.56. The van der Waals surface area contributed by atoms with Crippen LogP contribution in [-0.4, -0.2) is 21.0 Å². The molecule has 4 heteroatoms. The van der Waals surface area contributed by atoms with Gasteiger partial charge in [0.15, 0.2) is 0 Å². The predicted molar refractivity (Wildman–Crippen MR) is 76.0 cm³/mol. The smallest absolute Gasteiger partial charge is 0.339 e. The highest BCUT2D eigenvalue weighted by Crippen LogP contribution is 2.43. The molecule has 1 N–H and O–H groups in total. The summed E-state index contributed by atoms with van der Waals surface area (Å²) in [4.78, 5) is 20.2. The topological polar surface area (TPSA) is 63.1 Å². The van der Waals surface area contributed by atoms with Crippen LogP contribution in [0.3, 0.4) is 0 Å². The van der Waals surface area contributed by atoms with Gasteiger partial charge in [-0.2, -0.15) is 0 Å². The number of carboxylic acids is 1. The highest BCUT2D eigenvalue weighted by molar-refractivity contribution is 5.88. The molecule has 4 nitrogen and oxygen atoms in total. The fourth-order valence-corrected chi connectivity index (χ4v) is 3.10. The highest BCUT2D eigenvalue weighted by atomic mass is 16.4. The maximum absolute atomic E-state index is 11.2. The van der Waals surface area contributed by atoms with Crippen molar-refractivity contribution in [2.45, 2.75) is 64.2 Å². The maximum Gasteiger partial charge on any atom is 0.339 e. The lowest BCUT2D eigenvalue weighted by atomic mass is 9.73. The minimum absolute atomic E-state index is 0.299. The van der Waals surface area contributed by atoms with Crippen molar-refractivity contribution in [3.05, 3.63) is 23.3 Å². The fraction of sp³-hybridized carbons (Fsp3) is 0.688. The number of aromatic nitrogens is 2. The normalized spacial score (nSPS) is 22.7. The van der Waals surface area contributed by atoms with E-state index in [4.69, 9.17) is 0 Å². The molecule has 0 unspecified atom stereocenters. The second-order valence-electron chi connectivity index (χ2n) is 7.05. The molecule has 2 aliphatic rings. The number of aromatic carboxylic acids is 1. The van der Waals surface area contributed by atoms with E-state index in [1.807, 2.05) is 0 Å². The first-order valence-electron chi connectivity index (χ1n) is 7.56. The Morgan fingerprint density at radius 3 is 2.40 bits per heavy atom. The van der Waals surface area contributed by atoms with Crippen molar-refractivity contribution in [2.24, 2.45) is 5.41 Å². The molecule has 2 fully saturated rings. The minimum atomic E-state index is -0.900. The van der Waals surface area contributed by atoms with Gasteiger partial charge in [0.1, 0.15) is 5.82 Å². The molecular weight excluding hydrogens is 252 g/mol. The molecular formula is C16H22N2O2. The summed E-state index contributed by atoms with van der Waals surface area (Å²) in [5.74, 6) is 0.724. The van der Waals surface area contributed by atoms with Gasteiger partial charge < -0.3 is 5.11 Å². The predicted octanol–water partition coefficient (Wildman–Crippen LogP) is 3.74. The lowest BCUT2D eigenvalue weighted by Gasteiger charge is -2.33. The number of carboxylic acid groups (broad SMARTS) is 1. The van der Waals surface area contributed by atoms with E-state index in [0.717, 1.165) is 37.2 Å². The minimum Gasteiger partial charge on any atom is -0.478 e. The van der Waals surface area contributed by atoms with E-state index in [0.29, 0.717) is 22.8 Å². The summed E-state index contributed by atoms with van der Waals surface area (Å²) in [6, 6.07) is 0. The summed E-state index contributed by atoms with van der Waals surface area (Å²) < 4.78 is 0. The van der Waals surface area contributed by atoms with E-state index >= 15 is 0 Å². The Hall–Kier alpha value is -1.45. The van der Waals surface area contributed by atoms with Crippen LogP contribution in [0.1, 0.15) is 86.1 Å². The highest BCUT2D eigenvalue weighted by Gasteiger charge is 2.33. The summed E-state index contributed by atoms with van der Waals surface area (Å²) in [7, 11) is 0. The van der Waals surface area contributed by atoms with E-state index in [9.17, 15) is 9.90 Å². The van der Waals surface area contributed by atoms with Gasteiger partial charge in [-0.15, -0.1) is 0 Å². The Balaban J connectivity index is 1.84. The molecule has 0 radical (unpaired) electrons. The number of hydrogen-bond donors (Lipinski definition) is 1. The first kappa shape index (κ1) is 13.5. The number of nitrogens with zero attached hydrogens (tertiary/aromatic N) is 2. The number of rotatable bonds is 3. The zero-order valence-electron chi connectivity index (χ0n) is 12.2. The van der Waals surface area contributed by atoms with Gasteiger partial charge >= 0.3 is 5.97 Å². The Morgan fingerprint density at radius 2 is 1.85 bits per heavy atom. The van der Waals surface area contributed by atoms with Gasteiger partial charge in [0, 0.05) is 18.0 Å². The SMILES string of the molecule is CC1(C)CCC(c2ncc(C(=O)O)c(C3CC3)n2)CC1. The molecule has 1 aromatic rings. The zero-order valence-corrected chi connectivity index (χ0v) is 12.2. The number of hydrogen-bond acceptors (Lipinski definition) is 3. The molecule has 3 rings (SSSR count). The molecule has 0 aliphatic heterocycles. The second-order valence-corrected chi connectivity index (χ2v) is 7.05. The average Bonchev–Trinajstić information content (AvgIpc) is 3.22. The van der Waals surface area contributed by atoms with Gasteiger partial charge in [-0.3, -0.25) is 0 Å². The molecule has 2 aliphatic carbocycles. The first-order chi connectivity index (χ1) is 9.46. The average molecular weight is 274 g/mol. The van der Waals surface area contributed by atoms with Crippen molar-refractivity contribution in [3.63, 3.8) is 0 Å². The fourth-order valence-electron chi connectivity index (χ4n) is 3.10. The van der Waals surface area contributed by atoms with E-state index in [1.165, 1.54) is 19.0 Å². The van der Waals surface area contributed by atoms with Crippen molar-refractivity contribution in [1.82, 2.24) is 9.97 Å². The maximum atomic E-state index is 11.2. The molecule has 0 atom stereocenters. The monoisotopic (exact) mass is 274 g/mol. The lowest BCUT2D eigenvalue weighted by Crippen LogP contribution is -2.22. The molecule has 2 saturated carbocycles. The summed E-state index contributed by atoms with van der Waals surface area (Å²) in [5.41, 5.74) is 1.50. The molecule has 20 heavy (non-hydrogen) atoms. The molecule has 0 spiro atoms. The lowest BCUT2D eigenvalue weighted by molar-refractivity contribution is 0.0694. The Kier molecular flexibility index (Phi) is 3.27. The summed E-state index contributed by atoms with van der Waals surface area (Å²) in [6.07, 6.45) is 8.27. The van der Waals surface area contributed by atoms with Crippen LogP contribution in [0.15, 0.2) is 6.20 Å². The van der Waals surface area contributed by atoms with E-state index < -0.39 is 5.97 Å². The molecule has 1 heterocycles. The van der Waals surface area contributed by atoms with Crippen molar-refractivity contribution in [2.75, 3.05) is 0 Å². The van der Waals surface area contributed by atoms with E-state index in [-0.39, 0.29) is 0 Å².